The second-order valence-electron chi connectivity index (χ2n) is 4.87. The van der Waals surface area contributed by atoms with Gasteiger partial charge in [-0.1, -0.05) is 25.1 Å². The van der Waals surface area contributed by atoms with Gasteiger partial charge in [0.1, 0.15) is 0 Å². The number of aryl methyl sites for hydroxylation is 1. The zero-order valence-electron chi connectivity index (χ0n) is 12.0. The van der Waals surface area contributed by atoms with Crippen molar-refractivity contribution in [3.63, 3.8) is 0 Å². The van der Waals surface area contributed by atoms with E-state index in [-0.39, 0.29) is 16.8 Å². The number of pyridine rings is 2. The maximum absolute atomic E-state index is 13.4. The van der Waals surface area contributed by atoms with Gasteiger partial charge in [0.15, 0.2) is 0 Å². The van der Waals surface area contributed by atoms with Crippen molar-refractivity contribution in [2.75, 3.05) is 7.11 Å². The Balaban J connectivity index is 2.57. The van der Waals surface area contributed by atoms with Crippen molar-refractivity contribution in [1.29, 1.82) is 0 Å². The van der Waals surface area contributed by atoms with Crippen LogP contribution in [0.5, 0.6) is 5.88 Å². The van der Waals surface area contributed by atoms with Gasteiger partial charge in [-0.3, -0.25) is 4.98 Å². The summed E-state index contributed by atoms with van der Waals surface area (Å²) < 4.78 is 45.4. The summed E-state index contributed by atoms with van der Waals surface area (Å²) in [5, 5.41) is 0.491. The largest absolute Gasteiger partial charge is 0.480 e. The number of rotatable bonds is 2. The second-order valence-corrected chi connectivity index (χ2v) is 4.87. The van der Waals surface area contributed by atoms with Gasteiger partial charge in [-0.2, -0.15) is 13.2 Å². The van der Waals surface area contributed by atoms with E-state index in [1.165, 1.54) is 7.11 Å². The zero-order chi connectivity index (χ0) is 15.9. The molecule has 2 aromatic heterocycles. The van der Waals surface area contributed by atoms with E-state index < -0.39 is 11.7 Å². The maximum Gasteiger partial charge on any atom is 0.417 e. The van der Waals surface area contributed by atoms with E-state index in [9.17, 15) is 13.2 Å². The summed E-state index contributed by atoms with van der Waals surface area (Å²) in [5.41, 5.74) is 0.456. The van der Waals surface area contributed by atoms with Crippen LogP contribution in [0.3, 0.4) is 0 Å². The van der Waals surface area contributed by atoms with Gasteiger partial charge in [0.2, 0.25) is 5.88 Å². The molecule has 0 saturated carbocycles. The van der Waals surface area contributed by atoms with Crippen molar-refractivity contribution < 1.29 is 17.9 Å². The Bertz CT molecular complexity index is 859. The first-order chi connectivity index (χ1) is 10.5. The minimum Gasteiger partial charge on any atom is -0.480 e. The molecule has 0 aliphatic heterocycles. The average Bonchev–Trinajstić information content (AvgIpc) is 2.51. The van der Waals surface area contributed by atoms with E-state index in [1.807, 2.05) is 0 Å². The normalized spacial score (nSPS) is 12.0. The zero-order valence-corrected chi connectivity index (χ0v) is 12.0. The van der Waals surface area contributed by atoms with Gasteiger partial charge in [-0.05, 0) is 18.6 Å². The van der Waals surface area contributed by atoms with Crippen LogP contribution in [0.2, 0.25) is 0 Å². The molecule has 0 unspecified atom stereocenters. The van der Waals surface area contributed by atoms with Gasteiger partial charge >= 0.3 is 6.18 Å². The lowest BCUT2D eigenvalue weighted by Crippen LogP contribution is -2.09. The molecule has 2 heterocycles. The highest BCUT2D eigenvalue weighted by Gasteiger charge is 2.35. The molecule has 114 valence electrons. The highest BCUT2D eigenvalue weighted by molar-refractivity contribution is 6.06. The van der Waals surface area contributed by atoms with Crippen LogP contribution in [-0.4, -0.2) is 17.1 Å². The van der Waals surface area contributed by atoms with Gasteiger partial charge in [0, 0.05) is 11.1 Å². The lowest BCUT2D eigenvalue weighted by atomic mass is 10.0. The highest BCUT2D eigenvalue weighted by Crippen LogP contribution is 2.40. The summed E-state index contributed by atoms with van der Waals surface area (Å²) in [6.45, 7) is 1.77. The molecule has 6 heteroatoms. The van der Waals surface area contributed by atoms with E-state index in [0.717, 1.165) is 6.07 Å². The number of fused-ring (bicyclic) bond motifs is 3. The molecule has 0 atom stereocenters. The third kappa shape index (κ3) is 2.24. The fourth-order valence-electron chi connectivity index (χ4n) is 2.50. The van der Waals surface area contributed by atoms with E-state index >= 15 is 0 Å². The summed E-state index contributed by atoms with van der Waals surface area (Å²) in [6.07, 6.45) is -4.08. The van der Waals surface area contributed by atoms with Crippen molar-refractivity contribution in [3.8, 4) is 5.88 Å². The molecule has 3 rings (SSSR count). The highest BCUT2D eigenvalue weighted by atomic mass is 19.4. The van der Waals surface area contributed by atoms with Crippen LogP contribution in [-0.2, 0) is 12.6 Å². The quantitative estimate of drug-likeness (QED) is 0.659. The standard InChI is InChI=1S/C16H13F3N2O/c1-3-9-8-11(16(17,18)19)13-14(20-9)10-6-4-5-7-12(10)21-15(13)22-2/h4-8H,3H2,1-2H3. The van der Waals surface area contributed by atoms with Crippen molar-refractivity contribution in [3.05, 3.63) is 41.6 Å². The predicted octanol–water partition coefficient (Wildman–Crippen LogP) is 4.37. The van der Waals surface area contributed by atoms with Crippen molar-refractivity contribution in [2.24, 2.45) is 0 Å². The number of benzene rings is 1. The van der Waals surface area contributed by atoms with Crippen LogP contribution < -0.4 is 4.74 Å². The van der Waals surface area contributed by atoms with Crippen molar-refractivity contribution in [2.45, 2.75) is 19.5 Å². The molecule has 3 aromatic rings. The lowest BCUT2D eigenvalue weighted by Gasteiger charge is -2.15. The number of aromatic nitrogens is 2. The van der Waals surface area contributed by atoms with Crippen LogP contribution >= 0.6 is 0 Å². The number of methoxy groups -OCH3 is 1. The fraction of sp³-hybridized carbons (Fsp3) is 0.250. The smallest absolute Gasteiger partial charge is 0.417 e. The number of nitrogens with zero attached hydrogens (tertiary/aromatic N) is 2. The van der Waals surface area contributed by atoms with Crippen LogP contribution in [0.1, 0.15) is 18.2 Å². The summed E-state index contributed by atoms with van der Waals surface area (Å²) in [5.74, 6) is -0.0591. The minimum atomic E-state index is -4.50. The summed E-state index contributed by atoms with van der Waals surface area (Å²) in [4.78, 5) is 8.57. The molecular formula is C16H13F3N2O. The molecule has 0 aliphatic rings. The number of hydrogen-bond acceptors (Lipinski definition) is 3. The molecule has 0 fully saturated rings. The molecule has 0 amide bonds. The predicted molar refractivity (Wildman–Crippen MR) is 78.0 cm³/mol. The molecule has 3 nitrogen and oxygen atoms in total. The fourth-order valence-corrected chi connectivity index (χ4v) is 2.50. The molecular weight excluding hydrogens is 293 g/mol. The van der Waals surface area contributed by atoms with Crippen LogP contribution in [0.25, 0.3) is 21.8 Å². The SMILES string of the molecule is CCc1cc(C(F)(F)F)c2c(OC)nc3ccccc3c2n1. The molecule has 0 N–H and O–H groups in total. The Labute approximate surface area is 124 Å². The molecule has 0 radical (unpaired) electrons. The number of para-hydroxylation sites is 1. The molecule has 1 aromatic carbocycles. The third-order valence-corrected chi connectivity index (χ3v) is 3.53. The Morgan fingerprint density at radius 3 is 2.50 bits per heavy atom. The first-order valence-electron chi connectivity index (χ1n) is 6.79. The van der Waals surface area contributed by atoms with E-state index in [1.54, 1.807) is 31.2 Å². The first-order valence-corrected chi connectivity index (χ1v) is 6.79. The topological polar surface area (TPSA) is 35.0 Å². The van der Waals surface area contributed by atoms with Crippen molar-refractivity contribution >= 4 is 21.8 Å². The number of hydrogen-bond donors (Lipinski definition) is 0. The summed E-state index contributed by atoms with van der Waals surface area (Å²) in [7, 11) is 1.31. The summed E-state index contributed by atoms with van der Waals surface area (Å²) in [6, 6.07) is 8.04. The van der Waals surface area contributed by atoms with Crippen LogP contribution in [0, 0.1) is 0 Å². The lowest BCUT2D eigenvalue weighted by molar-refractivity contribution is -0.136. The van der Waals surface area contributed by atoms with Gasteiger partial charge in [0.05, 0.1) is 29.1 Å². The first kappa shape index (κ1) is 14.6. The van der Waals surface area contributed by atoms with E-state index in [2.05, 4.69) is 9.97 Å². The van der Waals surface area contributed by atoms with Crippen LogP contribution in [0.4, 0.5) is 13.2 Å². The number of alkyl halides is 3. The maximum atomic E-state index is 13.4. The van der Waals surface area contributed by atoms with Gasteiger partial charge in [-0.25, -0.2) is 4.98 Å². The molecule has 22 heavy (non-hydrogen) atoms. The molecule has 0 aliphatic carbocycles. The van der Waals surface area contributed by atoms with Crippen LogP contribution in [0.15, 0.2) is 30.3 Å². The Hall–Kier alpha value is -2.37. The average molecular weight is 306 g/mol. The Morgan fingerprint density at radius 2 is 1.86 bits per heavy atom. The third-order valence-electron chi connectivity index (χ3n) is 3.53. The molecule has 0 spiro atoms. The minimum absolute atomic E-state index is 0.0591. The molecule has 0 saturated heterocycles. The van der Waals surface area contributed by atoms with Crippen molar-refractivity contribution in [1.82, 2.24) is 9.97 Å². The van der Waals surface area contributed by atoms with Gasteiger partial charge < -0.3 is 4.74 Å². The van der Waals surface area contributed by atoms with Gasteiger partial charge in [0.25, 0.3) is 0 Å². The number of ether oxygens (including phenoxy) is 1. The Morgan fingerprint density at radius 1 is 1.14 bits per heavy atom. The molecule has 0 bridgehead atoms. The summed E-state index contributed by atoms with van der Waals surface area (Å²) >= 11 is 0. The monoisotopic (exact) mass is 306 g/mol. The Kier molecular flexibility index (Phi) is 3.39. The van der Waals surface area contributed by atoms with E-state index in [4.69, 9.17) is 4.74 Å². The second kappa shape index (κ2) is 5.12. The van der Waals surface area contributed by atoms with E-state index in [0.29, 0.717) is 23.0 Å². The number of halogens is 3. The van der Waals surface area contributed by atoms with Gasteiger partial charge in [-0.15, -0.1) is 0 Å².